The fourth-order valence-electron chi connectivity index (χ4n) is 2.20. The van der Waals surface area contributed by atoms with Gasteiger partial charge in [-0.25, -0.2) is 0 Å². The van der Waals surface area contributed by atoms with E-state index in [0.29, 0.717) is 0 Å². The Hall–Kier alpha value is -0.680. The molecule has 0 spiro atoms. The van der Waals surface area contributed by atoms with E-state index in [0.717, 1.165) is 35.6 Å². The molecule has 0 aromatic carbocycles. The van der Waals surface area contributed by atoms with Gasteiger partial charge < -0.3 is 5.32 Å². The Balaban J connectivity index is 1.96. The first-order valence-electron chi connectivity index (χ1n) is 5.98. The first kappa shape index (κ1) is 11.8. The molecule has 1 aromatic rings. The number of rotatable bonds is 4. The van der Waals surface area contributed by atoms with Crippen LogP contribution in [0.4, 0.5) is 5.00 Å². The van der Waals surface area contributed by atoms with E-state index in [1.807, 2.05) is 0 Å². The summed E-state index contributed by atoms with van der Waals surface area (Å²) in [6.45, 7) is 11.0. The summed E-state index contributed by atoms with van der Waals surface area (Å²) in [5, 5.41) is 8.67. The molecule has 1 aliphatic rings. The third-order valence-corrected chi connectivity index (χ3v) is 4.06. The largest absolute Gasteiger partial charge is 0.374 e. The molecule has 5 heteroatoms. The molecule has 2 rings (SSSR count). The maximum absolute atomic E-state index is 4.21. The van der Waals surface area contributed by atoms with Crippen molar-refractivity contribution in [3.63, 3.8) is 0 Å². The van der Waals surface area contributed by atoms with E-state index in [1.165, 1.54) is 24.6 Å². The zero-order valence-electron chi connectivity index (χ0n) is 10.2. The zero-order chi connectivity index (χ0) is 11.5. The summed E-state index contributed by atoms with van der Waals surface area (Å²) in [4.78, 5) is 2.48. The molecule has 1 aliphatic heterocycles. The fraction of sp³-hybridized carbons (Fsp3) is 0.818. The number of anilines is 1. The molecule has 2 atom stereocenters. The molecule has 2 heterocycles. The monoisotopic (exact) mass is 240 g/mol. The number of nitrogens with one attached hydrogen (secondary N) is 1. The van der Waals surface area contributed by atoms with Crippen LogP contribution in [0, 0.1) is 11.8 Å². The van der Waals surface area contributed by atoms with Crippen LogP contribution < -0.4 is 5.32 Å². The molecule has 16 heavy (non-hydrogen) atoms. The van der Waals surface area contributed by atoms with E-state index >= 15 is 0 Å². The van der Waals surface area contributed by atoms with Crippen molar-refractivity contribution in [2.24, 2.45) is 11.8 Å². The zero-order valence-corrected chi connectivity index (χ0v) is 11.0. The quantitative estimate of drug-likeness (QED) is 0.874. The first-order chi connectivity index (χ1) is 7.70. The standard InChI is InChI=1S/C11H20N4S/c1-4-12-11-10(13-14-16-11)7-15-5-8(2)9(3)6-15/h8-9,12H,4-7H2,1-3H3. The van der Waals surface area contributed by atoms with Crippen LogP contribution in [-0.4, -0.2) is 34.1 Å². The summed E-state index contributed by atoms with van der Waals surface area (Å²) in [6, 6.07) is 0. The normalized spacial score (nSPS) is 26.2. The third-order valence-electron chi connectivity index (χ3n) is 3.33. The van der Waals surface area contributed by atoms with Crippen molar-refractivity contribution in [3.05, 3.63) is 5.69 Å². The van der Waals surface area contributed by atoms with Crippen molar-refractivity contribution in [1.29, 1.82) is 0 Å². The van der Waals surface area contributed by atoms with E-state index in [9.17, 15) is 0 Å². The number of nitrogens with zero attached hydrogens (tertiary/aromatic N) is 3. The van der Waals surface area contributed by atoms with Gasteiger partial charge in [-0.05, 0) is 18.8 Å². The number of aromatic nitrogens is 2. The molecule has 2 unspecified atom stereocenters. The number of hydrogen-bond acceptors (Lipinski definition) is 5. The second-order valence-electron chi connectivity index (χ2n) is 4.73. The summed E-state index contributed by atoms with van der Waals surface area (Å²) < 4.78 is 4.02. The Labute approximate surface area is 101 Å². The lowest BCUT2D eigenvalue weighted by Crippen LogP contribution is -2.21. The minimum Gasteiger partial charge on any atom is -0.374 e. The maximum Gasteiger partial charge on any atom is 0.134 e. The Bertz CT molecular complexity index is 328. The van der Waals surface area contributed by atoms with E-state index in [2.05, 4.69) is 40.6 Å². The molecular weight excluding hydrogens is 220 g/mol. The molecule has 1 saturated heterocycles. The summed E-state index contributed by atoms with van der Waals surface area (Å²) in [5.41, 5.74) is 1.10. The predicted molar refractivity (Wildman–Crippen MR) is 67.7 cm³/mol. The summed E-state index contributed by atoms with van der Waals surface area (Å²) in [7, 11) is 0. The molecule has 0 radical (unpaired) electrons. The second kappa shape index (κ2) is 5.10. The smallest absolute Gasteiger partial charge is 0.134 e. The van der Waals surface area contributed by atoms with Gasteiger partial charge in [0.05, 0.1) is 0 Å². The average Bonchev–Trinajstić information content (AvgIpc) is 2.77. The molecule has 90 valence electrons. The second-order valence-corrected chi connectivity index (χ2v) is 5.48. The highest BCUT2D eigenvalue weighted by molar-refractivity contribution is 7.10. The van der Waals surface area contributed by atoms with Crippen LogP contribution in [0.1, 0.15) is 26.5 Å². The molecule has 1 N–H and O–H groups in total. The van der Waals surface area contributed by atoms with Crippen LogP contribution in [0.2, 0.25) is 0 Å². The SMILES string of the molecule is CCNc1snnc1CN1CC(C)C(C)C1. The van der Waals surface area contributed by atoms with Gasteiger partial charge in [-0.15, -0.1) is 5.10 Å². The molecule has 0 saturated carbocycles. The van der Waals surface area contributed by atoms with Gasteiger partial charge in [0.15, 0.2) is 0 Å². The minimum atomic E-state index is 0.800. The molecule has 0 bridgehead atoms. The minimum absolute atomic E-state index is 0.800. The van der Waals surface area contributed by atoms with Gasteiger partial charge in [0.2, 0.25) is 0 Å². The third kappa shape index (κ3) is 2.52. The van der Waals surface area contributed by atoms with Crippen molar-refractivity contribution < 1.29 is 0 Å². The van der Waals surface area contributed by atoms with Crippen LogP contribution in [0.5, 0.6) is 0 Å². The van der Waals surface area contributed by atoms with Gasteiger partial charge in [-0.1, -0.05) is 18.3 Å². The number of hydrogen-bond donors (Lipinski definition) is 1. The van der Waals surface area contributed by atoms with Crippen molar-refractivity contribution in [1.82, 2.24) is 14.5 Å². The van der Waals surface area contributed by atoms with Crippen LogP contribution in [0.3, 0.4) is 0 Å². The van der Waals surface area contributed by atoms with Gasteiger partial charge in [0.25, 0.3) is 0 Å². The van der Waals surface area contributed by atoms with Gasteiger partial charge >= 0.3 is 0 Å². The van der Waals surface area contributed by atoms with Gasteiger partial charge in [0, 0.05) is 37.7 Å². The highest BCUT2D eigenvalue weighted by Gasteiger charge is 2.26. The Morgan fingerprint density at radius 3 is 2.69 bits per heavy atom. The lowest BCUT2D eigenvalue weighted by atomic mass is 10.0. The highest BCUT2D eigenvalue weighted by Crippen LogP contribution is 2.26. The summed E-state index contributed by atoms with van der Waals surface area (Å²) in [6.07, 6.45) is 0. The topological polar surface area (TPSA) is 41.1 Å². The van der Waals surface area contributed by atoms with Crippen LogP contribution >= 0.6 is 11.5 Å². The van der Waals surface area contributed by atoms with Crippen molar-refractivity contribution in [2.75, 3.05) is 25.0 Å². The molecular formula is C11H20N4S. The maximum atomic E-state index is 4.21. The summed E-state index contributed by atoms with van der Waals surface area (Å²) in [5.74, 6) is 1.60. The Morgan fingerprint density at radius 2 is 2.06 bits per heavy atom. The van der Waals surface area contributed by atoms with Crippen LogP contribution in [-0.2, 0) is 6.54 Å². The van der Waals surface area contributed by atoms with E-state index in [-0.39, 0.29) is 0 Å². The van der Waals surface area contributed by atoms with Gasteiger partial charge in [-0.2, -0.15) is 0 Å². The Kier molecular flexibility index (Phi) is 3.76. The average molecular weight is 240 g/mol. The van der Waals surface area contributed by atoms with Gasteiger partial charge in [0.1, 0.15) is 10.7 Å². The van der Waals surface area contributed by atoms with Crippen LogP contribution in [0.25, 0.3) is 0 Å². The molecule has 4 nitrogen and oxygen atoms in total. The summed E-state index contributed by atoms with van der Waals surface area (Å²) >= 11 is 1.46. The number of likely N-dealkylation sites (tertiary alicyclic amines) is 1. The van der Waals surface area contributed by atoms with Crippen molar-refractivity contribution in [3.8, 4) is 0 Å². The lowest BCUT2D eigenvalue weighted by Gasteiger charge is -2.14. The lowest BCUT2D eigenvalue weighted by molar-refractivity contribution is 0.312. The molecule has 1 fully saturated rings. The predicted octanol–water partition coefficient (Wildman–Crippen LogP) is 2.06. The van der Waals surface area contributed by atoms with E-state index in [1.54, 1.807) is 0 Å². The first-order valence-corrected chi connectivity index (χ1v) is 6.75. The van der Waals surface area contributed by atoms with Crippen LogP contribution in [0.15, 0.2) is 0 Å². The highest BCUT2D eigenvalue weighted by atomic mass is 32.1. The van der Waals surface area contributed by atoms with E-state index < -0.39 is 0 Å². The molecule has 0 aliphatic carbocycles. The fourth-order valence-corrected chi connectivity index (χ4v) is 2.84. The molecule has 0 amide bonds. The van der Waals surface area contributed by atoms with Crippen molar-refractivity contribution >= 4 is 16.5 Å². The van der Waals surface area contributed by atoms with Gasteiger partial charge in [-0.3, -0.25) is 4.90 Å². The van der Waals surface area contributed by atoms with E-state index in [4.69, 9.17) is 0 Å². The van der Waals surface area contributed by atoms with Crippen molar-refractivity contribution in [2.45, 2.75) is 27.3 Å². The Morgan fingerprint density at radius 1 is 1.38 bits per heavy atom. The molecule has 1 aromatic heterocycles.